The Kier molecular flexibility index (Phi) is 3.77. The number of fused-ring (bicyclic) bond motifs is 1. The Balaban J connectivity index is 1.77. The largest absolute Gasteiger partial charge is 0.347 e. The molecule has 2 fully saturated rings. The van der Waals surface area contributed by atoms with E-state index in [9.17, 15) is 13.6 Å². The molecule has 1 aromatic carbocycles. The molecule has 2 aliphatic heterocycles. The zero-order chi connectivity index (χ0) is 14.3. The van der Waals surface area contributed by atoms with Gasteiger partial charge in [0.05, 0.1) is 0 Å². The molecule has 2 aliphatic rings. The van der Waals surface area contributed by atoms with E-state index in [2.05, 4.69) is 26.1 Å². The molecule has 2 saturated heterocycles. The first-order valence-corrected chi connectivity index (χ1v) is 7.55. The topological polar surface area (TPSA) is 32.3 Å². The highest BCUT2D eigenvalue weighted by Gasteiger charge is 2.38. The monoisotopic (exact) mass is 344 g/mol. The fraction of sp³-hybridized carbons (Fsp3) is 0.500. The molecule has 0 spiro atoms. The maximum atomic E-state index is 13.8. The Hall–Kier alpha value is -1.01. The second-order valence-corrected chi connectivity index (χ2v) is 6.27. The first-order valence-electron chi connectivity index (χ1n) is 6.75. The van der Waals surface area contributed by atoms with E-state index in [1.54, 1.807) is 0 Å². The molecule has 2 unspecified atom stereocenters. The summed E-state index contributed by atoms with van der Waals surface area (Å²) >= 11 is 3.00. The summed E-state index contributed by atoms with van der Waals surface area (Å²) in [6.07, 6.45) is 3.00. The van der Waals surface area contributed by atoms with E-state index in [0.29, 0.717) is 6.04 Å². The van der Waals surface area contributed by atoms with Crippen LogP contribution in [-0.4, -0.2) is 36.0 Å². The Morgan fingerprint density at radius 2 is 1.95 bits per heavy atom. The number of halogens is 3. The maximum Gasteiger partial charge on any atom is 0.257 e. The number of nitrogens with one attached hydrogen (secondary N) is 1. The number of benzene rings is 1. The molecule has 20 heavy (non-hydrogen) atoms. The lowest BCUT2D eigenvalue weighted by Gasteiger charge is -2.21. The van der Waals surface area contributed by atoms with Gasteiger partial charge in [0.2, 0.25) is 0 Å². The minimum Gasteiger partial charge on any atom is -0.347 e. The average molecular weight is 345 g/mol. The summed E-state index contributed by atoms with van der Waals surface area (Å²) in [4.78, 5) is 14.4. The molecule has 108 valence electrons. The number of hydrogen-bond donors (Lipinski definition) is 1. The average Bonchev–Trinajstić information content (AvgIpc) is 2.92. The molecule has 2 heterocycles. The molecular weight excluding hydrogens is 330 g/mol. The quantitative estimate of drug-likeness (QED) is 0.894. The van der Waals surface area contributed by atoms with Gasteiger partial charge in [-0.05, 0) is 37.9 Å². The van der Waals surface area contributed by atoms with Gasteiger partial charge in [0.25, 0.3) is 5.91 Å². The van der Waals surface area contributed by atoms with E-state index < -0.39 is 23.1 Å². The molecule has 0 bridgehead atoms. The van der Waals surface area contributed by atoms with Gasteiger partial charge in [-0.1, -0.05) is 15.9 Å². The van der Waals surface area contributed by atoms with Gasteiger partial charge in [-0.25, -0.2) is 8.78 Å². The lowest BCUT2D eigenvalue weighted by Crippen LogP contribution is -2.42. The summed E-state index contributed by atoms with van der Waals surface area (Å²) in [5, 5.41) is 2.79. The summed E-state index contributed by atoms with van der Waals surface area (Å²) in [5.41, 5.74) is -0.496. The second kappa shape index (κ2) is 5.41. The van der Waals surface area contributed by atoms with E-state index in [0.717, 1.165) is 44.5 Å². The molecule has 0 radical (unpaired) electrons. The number of hydrogen-bond acceptors (Lipinski definition) is 2. The molecule has 1 N–H and O–H groups in total. The van der Waals surface area contributed by atoms with Crippen LogP contribution in [-0.2, 0) is 0 Å². The standard InChI is InChI=1S/C14H15BrF2N2O/c15-8-6-9(16)13(10(17)7-8)14(20)18-11-3-5-19-4-1-2-12(11)19/h6-7,11-12H,1-5H2,(H,18,20). The van der Waals surface area contributed by atoms with E-state index >= 15 is 0 Å². The zero-order valence-electron chi connectivity index (χ0n) is 10.8. The zero-order valence-corrected chi connectivity index (χ0v) is 12.4. The molecule has 3 rings (SSSR count). The van der Waals surface area contributed by atoms with Crippen molar-refractivity contribution in [3.05, 3.63) is 33.8 Å². The second-order valence-electron chi connectivity index (χ2n) is 5.36. The van der Waals surface area contributed by atoms with Gasteiger partial charge in [0, 0.05) is 23.1 Å². The molecular formula is C14H15BrF2N2O. The van der Waals surface area contributed by atoms with Crippen LogP contribution >= 0.6 is 15.9 Å². The van der Waals surface area contributed by atoms with Gasteiger partial charge in [0.15, 0.2) is 0 Å². The summed E-state index contributed by atoms with van der Waals surface area (Å²) in [7, 11) is 0. The van der Waals surface area contributed by atoms with Crippen molar-refractivity contribution in [2.75, 3.05) is 13.1 Å². The Labute approximate surface area is 124 Å². The van der Waals surface area contributed by atoms with Crippen LogP contribution in [0.5, 0.6) is 0 Å². The van der Waals surface area contributed by atoms with Gasteiger partial charge < -0.3 is 5.32 Å². The van der Waals surface area contributed by atoms with E-state index in [1.807, 2.05) is 0 Å². The summed E-state index contributed by atoms with van der Waals surface area (Å²) < 4.78 is 27.8. The summed E-state index contributed by atoms with van der Waals surface area (Å²) in [5.74, 6) is -2.34. The normalized spacial score (nSPS) is 25.8. The highest BCUT2D eigenvalue weighted by Crippen LogP contribution is 2.28. The molecule has 0 saturated carbocycles. The first-order chi connectivity index (χ1) is 9.56. The van der Waals surface area contributed by atoms with Crippen molar-refractivity contribution in [2.45, 2.75) is 31.3 Å². The Morgan fingerprint density at radius 1 is 1.25 bits per heavy atom. The Bertz CT molecular complexity index is 529. The fourth-order valence-corrected chi connectivity index (χ4v) is 3.65. The van der Waals surface area contributed by atoms with Gasteiger partial charge in [-0.3, -0.25) is 9.69 Å². The van der Waals surface area contributed by atoms with Crippen molar-refractivity contribution < 1.29 is 13.6 Å². The van der Waals surface area contributed by atoms with Crippen molar-refractivity contribution in [1.82, 2.24) is 10.2 Å². The minimum atomic E-state index is -0.837. The fourth-order valence-electron chi connectivity index (χ4n) is 3.25. The van der Waals surface area contributed by atoms with Crippen molar-refractivity contribution in [2.24, 2.45) is 0 Å². The Morgan fingerprint density at radius 3 is 2.65 bits per heavy atom. The molecule has 0 aromatic heterocycles. The molecule has 6 heteroatoms. The smallest absolute Gasteiger partial charge is 0.257 e. The predicted octanol–water partition coefficient (Wildman–Crippen LogP) is 2.69. The van der Waals surface area contributed by atoms with E-state index in [-0.39, 0.29) is 10.5 Å². The van der Waals surface area contributed by atoms with Crippen molar-refractivity contribution in [3.8, 4) is 0 Å². The first kappa shape index (κ1) is 13.9. The molecule has 2 atom stereocenters. The van der Waals surface area contributed by atoms with Crippen LogP contribution in [0.4, 0.5) is 8.78 Å². The lowest BCUT2D eigenvalue weighted by atomic mass is 10.1. The van der Waals surface area contributed by atoms with Crippen LogP contribution in [0.25, 0.3) is 0 Å². The maximum absolute atomic E-state index is 13.8. The predicted molar refractivity (Wildman–Crippen MR) is 74.5 cm³/mol. The van der Waals surface area contributed by atoms with Gasteiger partial charge in [0.1, 0.15) is 17.2 Å². The van der Waals surface area contributed by atoms with Crippen LogP contribution in [0.1, 0.15) is 29.6 Å². The highest BCUT2D eigenvalue weighted by molar-refractivity contribution is 9.10. The van der Waals surface area contributed by atoms with Crippen LogP contribution < -0.4 is 5.32 Å². The third-order valence-corrected chi connectivity index (χ3v) is 4.61. The van der Waals surface area contributed by atoms with Crippen molar-refractivity contribution in [3.63, 3.8) is 0 Å². The van der Waals surface area contributed by atoms with Crippen LogP contribution in [0.3, 0.4) is 0 Å². The van der Waals surface area contributed by atoms with Crippen LogP contribution in [0.15, 0.2) is 16.6 Å². The third-order valence-electron chi connectivity index (χ3n) is 4.16. The van der Waals surface area contributed by atoms with Crippen molar-refractivity contribution in [1.29, 1.82) is 0 Å². The van der Waals surface area contributed by atoms with E-state index in [1.165, 1.54) is 0 Å². The van der Waals surface area contributed by atoms with Gasteiger partial charge in [-0.15, -0.1) is 0 Å². The third kappa shape index (κ3) is 2.46. The van der Waals surface area contributed by atoms with E-state index in [4.69, 9.17) is 0 Å². The lowest BCUT2D eigenvalue weighted by molar-refractivity contribution is 0.0921. The highest BCUT2D eigenvalue weighted by atomic mass is 79.9. The number of rotatable bonds is 2. The molecule has 0 aliphatic carbocycles. The summed E-state index contributed by atoms with van der Waals surface area (Å²) in [6, 6.07) is 2.52. The molecule has 1 amide bonds. The van der Waals surface area contributed by atoms with Crippen molar-refractivity contribution >= 4 is 21.8 Å². The number of carbonyl (C=O) groups excluding carboxylic acids is 1. The number of nitrogens with zero attached hydrogens (tertiary/aromatic N) is 1. The van der Waals surface area contributed by atoms with Crippen LogP contribution in [0.2, 0.25) is 0 Å². The van der Waals surface area contributed by atoms with Crippen LogP contribution in [0, 0.1) is 11.6 Å². The minimum absolute atomic E-state index is 0.00699. The molecule has 1 aromatic rings. The summed E-state index contributed by atoms with van der Waals surface area (Å²) in [6.45, 7) is 2.00. The SMILES string of the molecule is O=C(NC1CCN2CCCC12)c1c(F)cc(Br)cc1F. The number of carbonyl (C=O) groups is 1. The van der Waals surface area contributed by atoms with Gasteiger partial charge >= 0.3 is 0 Å². The van der Waals surface area contributed by atoms with Gasteiger partial charge in [-0.2, -0.15) is 0 Å². The molecule has 3 nitrogen and oxygen atoms in total. The number of amides is 1.